The molecule has 0 aromatic heterocycles. The summed E-state index contributed by atoms with van der Waals surface area (Å²) in [6, 6.07) is 25.0. The van der Waals surface area contributed by atoms with Crippen molar-refractivity contribution in [3.05, 3.63) is 95.1 Å². The fourth-order valence-electron chi connectivity index (χ4n) is 2.68. The monoisotopic (exact) mass is 371 g/mol. The van der Waals surface area contributed by atoms with Crippen molar-refractivity contribution in [3.63, 3.8) is 0 Å². The van der Waals surface area contributed by atoms with E-state index in [2.05, 4.69) is 16.6 Å². The molecule has 0 spiro atoms. The Balaban J connectivity index is 1.55. The molecule has 0 aliphatic rings. The summed E-state index contributed by atoms with van der Waals surface area (Å²) >= 11 is 0. The highest BCUT2D eigenvalue weighted by Gasteiger charge is 2.00. The largest absolute Gasteiger partial charge is 0.496 e. The number of nitrogens with one attached hydrogen (secondary N) is 1. The molecule has 0 saturated carbocycles. The average molecular weight is 371 g/mol. The van der Waals surface area contributed by atoms with Crippen molar-refractivity contribution in [1.82, 2.24) is 5.43 Å². The van der Waals surface area contributed by atoms with E-state index in [1.807, 2.05) is 66.7 Å². The van der Waals surface area contributed by atoms with Crippen LogP contribution in [0.2, 0.25) is 0 Å². The second kappa shape index (κ2) is 9.79. The lowest BCUT2D eigenvalue weighted by molar-refractivity contribution is 0.306. The Hall–Kier alpha value is -3.78. The number of nitrogens with zero attached hydrogens (tertiary/aromatic N) is 2. The molecule has 3 aromatic rings. The van der Waals surface area contributed by atoms with E-state index < -0.39 is 0 Å². The van der Waals surface area contributed by atoms with E-state index in [4.69, 9.17) is 14.7 Å². The van der Waals surface area contributed by atoms with E-state index in [1.165, 1.54) is 0 Å². The van der Waals surface area contributed by atoms with Crippen LogP contribution in [-0.2, 0) is 13.2 Å². The van der Waals surface area contributed by atoms with Crippen LogP contribution in [0.5, 0.6) is 11.5 Å². The van der Waals surface area contributed by atoms with Gasteiger partial charge in [-0.1, -0.05) is 42.5 Å². The topological polar surface area (TPSA) is 66.6 Å². The lowest BCUT2D eigenvalue weighted by Gasteiger charge is -2.08. The Morgan fingerprint density at radius 1 is 1.04 bits per heavy atom. The maximum absolute atomic E-state index is 8.97. The van der Waals surface area contributed by atoms with Crippen LogP contribution in [0.25, 0.3) is 0 Å². The second-order valence-corrected chi connectivity index (χ2v) is 6.08. The number of ether oxygens (including phenoxy) is 2. The first kappa shape index (κ1) is 19.0. The number of nitriles is 1. The summed E-state index contributed by atoms with van der Waals surface area (Å²) in [6.07, 6.45) is 1.75. The summed E-state index contributed by atoms with van der Waals surface area (Å²) in [5.74, 6) is 1.58. The number of hydrogen-bond donors (Lipinski definition) is 1. The van der Waals surface area contributed by atoms with Gasteiger partial charge in [0, 0.05) is 5.56 Å². The Bertz CT molecular complexity index is 993. The molecule has 0 fully saturated rings. The molecule has 5 nitrogen and oxygen atoms in total. The SMILES string of the molecule is COc1ccccc1CN/N=C/c1cccc(OCc2cccc(C#N)c2)c1. The normalized spacial score (nSPS) is 10.4. The zero-order valence-electron chi connectivity index (χ0n) is 15.6. The summed E-state index contributed by atoms with van der Waals surface area (Å²) in [5, 5.41) is 13.2. The minimum Gasteiger partial charge on any atom is -0.496 e. The molecular weight excluding hydrogens is 350 g/mol. The standard InChI is InChI=1S/C23H21N3O2/c1-27-23-11-3-2-9-21(23)16-26-25-15-19-7-5-10-22(13-19)28-17-20-8-4-6-18(12-20)14-24/h2-13,15,26H,16-17H2,1H3/b25-15+. The number of benzene rings is 3. The van der Waals surface area contributed by atoms with Crippen LogP contribution >= 0.6 is 0 Å². The van der Waals surface area contributed by atoms with Gasteiger partial charge in [-0.25, -0.2) is 0 Å². The van der Waals surface area contributed by atoms with Gasteiger partial charge in [-0.2, -0.15) is 10.4 Å². The molecule has 1 N–H and O–H groups in total. The van der Waals surface area contributed by atoms with E-state index in [1.54, 1.807) is 19.4 Å². The molecule has 0 unspecified atom stereocenters. The number of hydrazone groups is 1. The number of para-hydroxylation sites is 1. The van der Waals surface area contributed by atoms with Crippen molar-refractivity contribution in [2.24, 2.45) is 5.10 Å². The van der Waals surface area contributed by atoms with Gasteiger partial charge >= 0.3 is 0 Å². The maximum Gasteiger partial charge on any atom is 0.123 e. The third-order valence-corrected chi connectivity index (χ3v) is 4.09. The fraction of sp³-hybridized carbons (Fsp3) is 0.130. The Labute approximate surface area is 164 Å². The highest BCUT2D eigenvalue weighted by atomic mass is 16.5. The minimum atomic E-state index is 0.405. The zero-order valence-corrected chi connectivity index (χ0v) is 15.6. The summed E-state index contributed by atoms with van der Waals surface area (Å²) in [7, 11) is 1.66. The Kier molecular flexibility index (Phi) is 6.64. The summed E-state index contributed by atoms with van der Waals surface area (Å²) < 4.78 is 11.2. The summed E-state index contributed by atoms with van der Waals surface area (Å²) in [4.78, 5) is 0. The number of hydrogen-bond acceptors (Lipinski definition) is 5. The van der Waals surface area contributed by atoms with Gasteiger partial charge in [0.1, 0.15) is 18.1 Å². The molecule has 0 bridgehead atoms. The lowest BCUT2D eigenvalue weighted by atomic mass is 10.1. The van der Waals surface area contributed by atoms with E-state index >= 15 is 0 Å². The third kappa shape index (κ3) is 5.36. The number of methoxy groups -OCH3 is 1. The van der Waals surface area contributed by atoms with Gasteiger partial charge in [0.15, 0.2) is 0 Å². The fourth-order valence-corrected chi connectivity index (χ4v) is 2.68. The van der Waals surface area contributed by atoms with Crippen LogP contribution in [0.1, 0.15) is 22.3 Å². The van der Waals surface area contributed by atoms with Crippen LogP contribution in [0.15, 0.2) is 77.9 Å². The zero-order chi connectivity index (χ0) is 19.6. The van der Waals surface area contributed by atoms with Crippen molar-refractivity contribution in [3.8, 4) is 17.6 Å². The molecule has 0 aliphatic heterocycles. The number of rotatable bonds is 8. The minimum absolute atomic E-state index is 0.405. The molecule has 0 saturated heterocycles. The molecule has 140 valence electrons. The van der Waals surface area contributed by atoms with Crippen molar-refractivity contribution in [2.45, 2.75) is 13.2 Å². The highest BCUT2D eigenvalue weighted by molar-refractivity contribution is 5.79. The predicted molar refractivity (Wildman–Crippen MR) is 109 cm³/mol. The average Bonchev–Trinajstić information content (AvgIpc) is 2.76. The maximum atomic E-state index is 8.97. The molecule has 0 amide bonds. The van der Waals surface area contributed by atoms with Gasteiger partial charge in [-0.15, -0.1) is 0 Å². The highest BCUT2D eigenvalue weighted by Crippen LogP contribution is 2.17. The van der Waals surface area contributed by atoms with Crippen LogP contribution in [-0.4, -0.2) is 13.3 Å². The summed E-state index contributed by atoms with van der Waals surface area (Å²) in [5.41, 5.74) is 6.58. The van der Waals surface area contributed by atoms with Gasteiger partial charge in [0.2, 0.25) is 0 Å². The molecule has 0 aliphatic carbocycles. The first-order valence-electron chi connectivity index (χ1n) is 8.88. The van der Waals surface area contributed by atoms with E-state index in [0.29, 0.717) is 18.7 Å². The third-order valence-electron chi connectivity index (χ3n) is 4.09. The van der Waals surface area contributed by atoms with Gasteiger partial charge in [0.25, 0.3) is 0 Å². The van der Waals surface area contributed by atoms with Gasteiger partial charge in [-0.05, 0) is 41.5 Å². The molecule has 5 heteroatoms. The lowest BCUT2D eigenvalue weighted by Crippen LogP contribution is -2.06. The predicted octanol–water partition coefficient (Wildman–Crippen LogP) is 4.27. The quantitative estimate of drug-likeness (QED) is 0.474. The Morgan fingerprint density at radius 3 is 2.75 bits per heavy atom. The van der Waals surface area contributed by atoms with Crippen molar-refractivity contribution in [2.75, 3.05) is 7.11 Å². The van der Waals surface area contributed by atoms with Crippen molar-refractivity contribution in [1.29, 1.82) is 5.26 Å². The first-order chi connectivity index (χ1) is 13.8. The molecule has 0 radical (unpaired) electrons. The van der Waals surface area contributed by atoms with Crippen LogP contribution in [0, 0.1) is 11.3 Å². The Morgan fingerprint density at radius 2 is 1.89 bits per heavy atom. The first-order valence-corrected chi connectivity index (χ1v) is 8.88. The molecule has 3 aromatic carbocycles. The molecule has 0 atom stereocenters. The van der Waals surface area contributed by atoms with Gasteiger partial charge < -0.3 is 14.9 Å². The van der Waals surface area contributed by atoms with Crippen molar-refractivity contribution >= 4 is 6.21 Å². The molecular formula is C23H21N3O2. The van der Waals surface area contributed by atoms with E-state index in [-0.39, 0.29) is 0 Å². The van der Waals surface area contributed by atoms with Gasteiger partial charge in [0.05, 0.1) is 31.5 Å². The molecule has 0 heterocycles. The van der Waals surface area contributed by atoms with Crippen LogP contribution in [0.3, 0.4) is 0 Å². The van der Waals surface area contributed by atoms with Gasteiger partial charge in [-0.3, -0.25) is 0 Å². The van der Waals surface area contributed by atoms with Crippen LogP contribution in [0.4, 0.5) is 0 Å². The van der Waals surface area contributed by atoms with E-state index in [0.717, 1.165) is 28.2 Å². The van der Waals surface area contributed by atoms with E-state index in [9.17, 15) is 0 Å². The molecule has 28 heavy (non-hydrogen) atoms. The smallest absolute Gasteiger partial charge is 0.123 e. The molecule has 3 rings (SSSR count). The van der Waals surface area contributed by atoms with Crippen molar-refractivity contribution < 1.29 is 9.47 Å². The second-order valence-electron chi connectivity index (χ2n) is 6.08. The summed E-state index contributed by atoms with van der Waals surface area (Å²) in [6.45, 7) is 0.980. The van der Waals surface area contributed by atoms with Crippen LogP contribution < -0.4 is 14.9 Å².